The van der Waals surface area contributed by atoms with Gasteiger partial charge in [0.2, 0.25) is 0 Å². The van der Waals surface area contributed by atoms with E-state index in [0.717, 1.165) is 19.1 Å². The lowest BCUT2D eigenvalue weighted by Gasteiger charge is -2.25. The number of halogens is 1. The van der Waals surface area contributed by atoms with Crippen molar-refractivity contribution in [3.8, 4) is 0 Å². The van der Waals surface area contributed by atoms with Crippen LogP contribution >= 0.6 is 11.6 Å². The maximum Gasteiger partial charge on any atom is 0.255 e. The van der Waals surface area contributed by atoms with Crippen LogP contribution in [0.4, 0.5) is 0 Å². The van der Waals surface area contributed by atoms with Crippen molar-refractivity contribution in [3.63, 3.8) is 0 Å². The van der Waals surface area contributed by atoms with E-state index < -0.39 is 9.84 Å². The number of hydrogen-bond acceptors (Lipinski definition) is 3. The maximum absolute atomic E-state index is 12.7. The van der Waals surface area contributed by atoms with Gasteiger partial charge in [0.25, 0.3) is 5.91 Å². The van der Waals surface area contributed by atoms with Gasteiger partial charge in [0.15, 0.2) is 9.84 Å². The summed E-state index contributed by atoms with van der Waals surface area (Å²) in [6, 6.07) is 4.55. The Labute approximate surface area is 131 Å². The van der Waals surface area contributed by atoms with Gasteiger partial charge in [0, 0.05) is 18.8 Å². The number of nitrogens with zero attached hydrogens (tertiary/aromatic N) is 1. The summed E-state index contributed by atoms with van der Waals surface area (Å²) in [4.78, 5) is 14.6. The van der Waals surface area contributed by atoms with Crippen molar-refractivity contribution >= 4 is 27.3 Å². The lowest BCUT2D eigenvalue weighted by molar-refractivity contribution is 0.0722. The van der Waals surface area contributed by atoms with Crippen molar-refractivity contribution < 1.29 is 13.2 Å². The molecule has 0 heterocycles. The third-order valence-corrected chi connectivity index (χ3v) is 4.85. The van der Waals surface area contributed by atoms with Crippen molar-refractivity contribution in [2.24, 2.45) is 5.92 Å². The second-order valence-electron chi connectivity index (χ2n) is 6.00. The van der Waals surface area contributed by atoms with E-state index in [2.05, 4.69) is 13.8 Å². The molecule has 0 atom stereocenters. The highest BCUT2D eigenvalue weighted by molar-refractivity contribution is 7.90. The monoisotopic (exact) mass is 329 g/mol. The summed E-state index contributed by atoms with van der Waals surface area (Å²) in [7, 11) is -3.36. The Kier molecular flexibility index (Phi) is 4.63. The average Bonchev–Trinajstić information content (AvgIpc) is 3.18. The quantitative estimate of drug-likeness (QED) is 0.834. The molecule has 0 spiro atoms. The molecule has 0 N–H and O–H groups in total. The Balaban J connectivity index is 2.37. The molecule has 0 aliphatic heterocycles. The van der Waals surface area contributed by atoms with E-state index in [1.54, 1.807) is 0 Å². The first kappa shape index (κ1) is 16.3. The van der Waals surface area contributed by atoms with E-state index in [1.165, 1.54) is 18.2 Å². The van der Waals surface area contributed by atoms with Gasteiger partial charge in [-0.15, -0.1) is 0 Å². The van der Waals surface area contributed by atoms with Crippen molar-refractivity contribution in [2.75, 3.05) is 12.8 Å². The van der Waals surface area contributed by atoms with E-state index in [-0.39, 0.29) is 22.4 Å². The first-order chi connectivity index (χ1) is 9.70. The number of carbonyl (C=O) groups excluding carboxylic acids is 1. The highest BCUT2D eigenvalue weighted by Gasteiger charge is 2.34. The molecule has 1 aliphatic rings. The molecule has 1 amide bonds. The van der Waals surface area contributed by atoms with Gasteiger partial charge in [-0.05, 0) is 37.0 Å². The van der Waals surface area contributed by atoms with Gasteiger partial charge in [-0.25, -0.2) is 8.42 Å². The van der Waals surface area contributed by atoms with Gasteiger partial charge in [-0.1, -0.05) is 25.4 Å². The Morgan fingerprint density at radius 2 is 2.00 bits per heavy atom. The number of amides is 1. The van der Waals surface area contributed by atoms with Gasteiger partial charge >= 0.3 is 0 Å². The fourth-order valence-corrected chi connectivity index (χ4v) is 3.08. The summed E-state index contributed by atoms with van der Waals surface area (Å²) in [6.07, 6.45) is 3.13. The zero-order chi connectivity index (χ0) is 15.8. The largest absolute Gasteiger partial charge is 0.335 e. The van der Waals surface area contributed by atoms with Crippen molar-refractivity contribution in [2.45, 2.75) is 37.6 Å². The van der Waals surface area contributed by atoms with E-state index in [4.69, 9.17) is 11.6 Å². The van der Waals surface area contributed by atoms with Gasteiger partial charge in [0.05, 0.1) is 15.5 Å². The van der Waals surface area contributed by atoms with E-state index in [1.807, 2.05) is 4.90 Å². The standard InChI is InChI=1S/C15H20ClNO3S/c1-10(2)9-17(11-4-5-11)15(18)13-8-12(21(3,19)20)6-7-14(13)16/h6-8,10-11H,4-5,9H2,1-3H3. The molecule has 0 aromatic heterocycles. The third-order valence-electron chi connectivity index (χ3n) is 3.41. The van der Waals surface area contributed by atoms with E-state index >= 15 is 0 Å². The van der Waals surface area contributed by atoms with Crippen LogP contribution in [0.5, 0.6) is 0 Å². The molecule has 6 heteroatoms. The van der Waals surface area contributed by atoms with Gasteiger partial charge in [-0.2, -0.15) is 0 Å². The predicted molar refractivity (Wildman–Crippen MR) is 83.5 cm³/mol. The van der Waals surface area contributed by atoms with Crippen LogP contribution in [0.15, 0.2) is 23.1 Å². The van der Waals surface area contributed by atoms with E-state index in [0.29, 0.717) is 17.5 Å². The van der Waals surface area contributed by atoms with Gasteiger partial charge < -0.3 is 4.90 Å². The summed E-state index contributed by atoms with van der Waals surface area (Å²) >= 11 is 6.10. The summed E-state index contributed by atoms with van der Waals surface area (Å²) in [5.74, 6) is 0.174. The van der Waals surface area contributed by atoms with Crippen LogP contribution in [-0.2, 0) is 9.84 Å². The molecule has 1 aromatic carbocycles. The number of sulfone groups is 1. The Morgan fingerprint density at radius 1 is 1.38 bits per heavy atom. The number of benzene rings is 1. The molecule has 0 unspecified atom stereocenters. The summed E-state index contributed by atoms with van der Waals surface area (Å²) in [5, 5.41) is 0.293. The fraction of sp³-hybridized carbons (Fsp3) is 0.533. The minimum Gasteiger partial charge on any atom is -0.335 e. The zero-order valence-corrected chi connectivity index (χ0v) is 14.0. The second-order valence-corrected chi connectivity index (χ2v) is 8.42. The molecule has 1 fully saturated rings. The minimum atomic E-state index is -3.36. The minimum absolute atomic E-state index is 0.121. The predicted octanol–water partition coefficient (Wildman–Crippen LogP) is 3.00. The Bertz CT molecular complexity index is 651. The van der Waals surface area contributed by atoms with Crippen molar-refractivity contribution in [1.82, 2.24) is 4.90 Å². The van der Waals surface area contributed by atoms with Crippen LogP contribution in [0.25, 0.3) is 0 Å². The lowest BCUT2D eigenvalue weighted by atomic mass is 10.1. The molecule has 1 aromatic rings. The normalized spacial score (nSPS) is 15.3. The van der Waals surface area contributed by atoms with Crippen LogP contribution in [0.1, 0.15) is 37.0 Å². The average molecular weight is 330 g/mol. The second kappa shape index (κ2) is 5.97. The van der Waals surface area contributed by atoms with E-state index in [9.17, 15) is 13.2 Å². The van der Waals surface area contributed by atoms with Gasteiger partial charge in [-0.3, -0.25) is 4.79 Å². The smallest absolute Gasteiger partial charge is 0.255 e. The lowest BCUT2D eigenvalue weighted by Crippen LogP contribution is -2.36. The highest BCUT2D eigenvalue weighted by atomic mass is 35.5. The summed E-state index contributed by atoms with van der Waals surface area (Å²) in [6.45, 7) is 4.76. The Morgan fingerprint density at radius 3 is 2.48 bits per heavy atom. The molecule has 1 aliphatic carbocycles. The summed E-state index contributed by atoms with van der Waals surface area (Å²) in [5.41, 5.74) is 0.271. The van der Waals surface area contributed by atoms with Crippen molar-refractivity contribution in [1.29, 1.82) is 0 Å². The fourth-order valence-electron chi connectivity index (χ4n) is 2.23. The molecule has 2 rings (SSSR count). The number of carbonyl (C=O) groups is 1. The topological polar surface area (TPSA) is 54.5 Å². The maximum atomic E-state index is 12.7. The van der Waals surface area contributed by atoms with Crippen LogP contribution < -0.4 is 0 Å². The van der Waals surface area contributed by atoms with Crippen LogP contribution in [-0.4, -0.2) is 38.1 Å². The molecule has 0 bridgehead atoms. The summed E-state index contributed by atoms with van der Waals surface area (Å²) < 4.78 is 23.3. The van der Waals surface area contributed by atoms with Crippen molar-refractivity contribution in [3.05, 3.63) is 28.8 Å². The van der Waals surface area contributed by atoms with Crippen LogP contribution in [0, 0.1) is 5.92 Å². The molecule has 0 saturated heterocycles. The van der Waals surface area contributed by atoms with Crippen LogP contribution in [0.2, 0.25) is 5.02 Å². The number of rotatable bonds is 5. The highest BCUT2D eigenvalue weighted by Crippen LogP contribution is 2.31. The first-order valence-electron chi connectivity index (χ1n) is 7.00. The molecule has 1 saturated carbocycles. The molecule has 4 nitrogen and oxygen atoms in total. The molecular weight excluding hydrogens is 310 g/mol. The SMILES string of the molecule is CC(C)CN(C(=O)c1cc(S(C)(=O)=O)ccc1Cl)C1CC1. The van der Waals surface area contributed by atoms with Gasteiger partial charge in [0.1, 0.15) is 0 Å². The molecule has 21 heavy (non-hydrogen) atoms. The zero-order valence-electron chi connectivity index (χ0n) is 12.5. The Hall–Kier alpha value is -1.07. The number of hydrogen-bond donors (Lipinski definition) is 0. The third kappa shape index (κ3) is 3.98. The first-order valence-corrected chi connectivity index (χ1v) is 9.27. The molecular formula is C15H20ClNO3S. The molecule has 116 valence electrons. The molecule has 0 radical (unpaired) electrons. The van der Waals surface area contributed by atoms with Crippen LogP contribution in [0.3, 0.4) is 0 Å².